The second-order valence-corrected chi connectivity index (χ2v) is 6.73. The van der Waals surface area contributed by atoms with Gasteiger partial charge in [-0.1, -0.05) is 65.7 Å². The molecule has 2 heteroatoms. The molecule has 138 valence electrons. The number of aryl methyl sites for hydroxylation is 1. The van der Waals surface area contributed by atoms with Crippen molar-refractivity contribution in [1.29, 1.82) is 0 Å². The van der Waals surface area contributed by atoms with Gasteiger partial charge in [-0.05, 0) is 43.4 Å². The Morgan fingerprint density at radius 1 is 0.583 bits per heavy atom. The zero-order valence-electron chi connectivity index (χ0n) is 16.2. The quantitative estimate of drug-likeness (QED) is 0.323. The topological polar surface area (TPSA) is 18.5 Å². The van der Waals surface area contributed by atoms with E-state index in [2.05, 4.69) is 39.0 Å². The first kappa shape index (κ1) is 20.9. The molecule has 1 aromatic rings. The molecule has 0 aliphatic carbocycles. The summed E-state index contributed by atoms with van der Waals surface area (Å²) in [5.74, 6) is 1.95. The lowest BCUT2D eigenvalue weighted by molar-refractivity contribution is 0.290. The van der Waals surface area contributed by atoms with Crippen molar-refractivity contribution in [3.63, 3.8) is 0 Å². The van der Waals surface area contributed by atoms with Crippen LogP contribution in [0, 0.1) is 0 Å². The van der Waals surface area contributed by atoms with Crippen LogP contribution in [0.2, 0.25) is 0 Å². The van der Waals surface area contributed by atoms with E-state index in [4.69, 9.17) is 9.47 Å². The van der Waals surface area contributed by atoms with Crippen LogP contribution < -0.4 is 9.47 Å². The van der Waals surface area contributed by atoms with Crippen molar-refractivity contribution in [1.82, 2.24) is 0 Å². The summed E-state index contributed by atoms with van der Waals surface area (Å²) in [4.78, 5) is 0. The predicted octanol–water partition coefficient (Wildman–Crippen LogP) is 6.95. The van der Waals surface area contributed by atoms with Gasteiger partial charge in [-0.3, -0.25) is 0 Å². The average molecular weight is 335 g/mol. The van der Waals surface area contributed by atoms with Gasteiger partial charge in [-0.25, -0.2) is 0 Å². The third kappa shape index (κ3) is 9.85. The Morgan fingerprint density at radius 3 is 1.54 bits per heavy atom. The van der Waals surface area contributed by atoms with Crippen LogP contribution in [0.15, 0.2) is 18.2 Å². The molecule has 1 aromatic carbocycles. The van der Waals surface area contributed by atoms with Crippen molar-refractivity contribution in [2.75, 3.05) is 13.2 Å². The smallest absolute Gasteiger partial charge is 0.123 e. The molecule has 0 bridgehead atoms. The number of benzene rings is 1. The van der Waals surface area contributed by atoms with E-state index >= 15 is 0 Å². The molecule has 24 heavy (non-hydrogen) atoms. The molecule has 0 unspecified atom stereocenters. The van der Waals surface area contributed by atoms with Crippen molar-refractivity contribution >= 4 is 0 Å². The fourth-order valence-corrected chi connectivity index (χ4v) is 2.76. The first-order valence-corrected chi connectivity index (χ1v) is 10.2. The van der Waals surface area contributed by atoms with Crippen molar-refractivity contribution in [3.8, 4) is 11.5 Å². The van der Waals surface area contributed by atoms with E-state index in [-0.39, 0.29) is 0 Å². The Hall–Kier alpha value is -1.18. The van der Waals surface area contributed by atoms with Gasteiger partial charge in [0.05, 0.1) is 13.2 Å². The number of hydrogen-bond acceptors (Lipinski definition) is 2. The maximum absolute atomic E-state index is 5.98. The molecule has 0 fully saturated rings. The van der Waals surface area contributed by atoms with Crippen LogP contribution in [0.25, 0.3) is 0 Å². The Balaban J connectivity index is 2.52. The number of ether oxygens (including phenoxy) is 2. The lowest BCUT2D eigenvalue weighted by atomic mass is 10.1. The third-order valence-electron chi connectivity index (χ3n) is 4.29. The Labute approximate surface area is 149 Å². The number of unbranched alkanes of at least 4 members (excludes halogenated alkanes) is 7. The Morgan fingerprint density at radius 2 is 1.08 bits per heavy atom. The van der Waals surface area contributed by atoms with Crippen LogP contribution in [0.1, 0.15) is 90.5 Å². The lowest BCUT2D eigenvalue weighted by Crippen LogP contribution is -2.01. The fourth-order valence-electron chi connectivity index (χ4n) is 2.76. The predicted molar refractivity (Wildman–Crippen MR) is 104 cm³/mol. The maximum Gasteiger partial charge on any atom is 0.123 e. The fraction of sp³-hybridized carbons (Fsp3) is 0.727. The molecule has 0 amide bonds. The highest BCUT2D eigenvalue weighted by Crippen LogP contribution is 2.25. The first-order valence-electron chi connectivity index (χ1n) is 10.2. The molecule has 0 saturated carbocycles. The van der Waals surface area contributed by atoms with Crippen molar-refractivity contribution in [3.05, 3.63) is 23.8 Å². The summed E-state index contributed by atoms with van der Waals surface area (Å²) in [6.45, 7) is 8.34. The first-order chi connectivity index (χ1) is 11.8. The summed E-state index contributed by atoms with van der Waals surface area (Å²) in [7, 11) is 0. The number of rotatable bonds is 15. The summed E-state index contributed by atoms with van der Waals surface area (Å²) in [6.07, 6.45) is 13.5. The second kappa shape index (κ2) is 14.2. The summed E-state index contributed by atoms with van der Waals surface area (Å²) in [6, 6.07) is 6.45. The van der Waals surface area contributed by atoms with Crippen LogP contribution in [0.5, 0.6) is 11.5 Å². The minimum absolute atomic E-state index is 0.813. The van der Waals surface area contributed by atoms with E-state index < -0.39 is 0 Å². The Bertz CT molecular complexity index is 382. The van der Waals surface area contributed by atoms with Crippen LogP contribution in [0.4, 0.5) is 0 Å². The summed E-state index contributed by atoms with van der Waals surface area (Å²) in [5.41, 5.74) is 1.34. The summed E-state index contributed by atoms with van der Waals surface area (Å²) < 4.78 is 12.0. The van der Waals surface area contributed by atoms with Crippen molar-refractivity contribution in [2.45, 2.75) is 91.4 Å². The molecular formula is C22H38O2. The zero-order chi connectivity index (χ0) is 17.5. The standard InChI is InChI=1S/C22H38O2/c1-4-7-10-12-15-23-21-17-20(14-9-6-3)18-22(19-21)24-16-13-11-8-5-2/h17-19H,4-16H2,1-3H3. The highest BCUT2D eigenvalue weighted by molar-refractivity contribution is 5.38. The van der Waals surface area contributed by atoms with E-state index in [9.17, 15) is 0 Å². The third-order valence-corrected chi connectivity index (χ3v) is 4.29. The minimum atomic E-state index is 0.813. The van der Waals surface area contributed by atoms with Gasteiger partial charge < -0.3 is 9.47 Å². The summed E-state index contributed by atoms with van der Waals surface area (Å²) >= 11 is 0. The number of hydrogen-bond donors (Lipinski definition) is 0. The Kier molecular flexibility index (Phi) is 12.3. The monoisotopic (exact) mass is 334 g/mol. The van der Waals surface area contributed by atoms with Gasteiger partial charge in [0, 0.05) is 6.07 Å². The normalized spacial score (nSPS) is 10.8. The zero-order valence-corrected chi connectivity index (χ0v) is 16.2. The molecule has 0 N–H and O–H groups in total. The molecule has 0 aliphatic heterocycles. The van der Waals surface area contributed by atoms with E-state index in [1.165, 1.54) is 56.9 Å². The molecule has 0 spiro atoms. The maximum atomic E-state index is 5.98. The van der Waals surface area contributed by atoms with Crippen molar-refractivity contribution in [2.24, 2.45) is 0 Å². The lowest BCUT2D eigenvalue weighted by Gasteiger charge is -2.12. The van der Waals surface area contributed by atoms with Gasteiger partial charge in [0.15, 0.2) is 0 Å². The van der Waals surface area contributed by atoms with Gasteiger partial charge in [-0.15, -0.1) is 0 Å². The molecule has 0 atom stereocenters. The van der Waals surface area contributed by atoms with Crippen LogP contribution in [-0.2, 0) is 6.42 Å². The van der Waals surface area contributed by atoms with E-state index in [1.54, 1.807) is 0 Å². The van der Waals surface area contributed by atoms with Gasteiger partial charge in [0.25, 0.3) is 0 Å². The molecule has 0 radical (unpaired) electrons. The van der Waals surface area contributed by atoms with E-state index in [0.29, 0.717) is 0 Å². The van der Waals surface area contributed by atoms with Crippen LogP contribution in [0.3, 0.4) is 0 Å². The van der Waals surface area contributed by atoms with E-state index in [1.807, 2.05) is 0 Å². The van der Waals surface area contributed by atoms with E-state index in [0.717, 1.165) is 44.0 Å². The van der Waals surface area contributed by atoms with Gasteiger partial charge in [0.2, 0.25) is 0 Å². The van der Waals surface area contributed by atoms with Gasteiger partial charge in [-0.2, -0.15) is 0 Å². The molecule has 1 rings (SSSR count). The van der Waals surface area contributed by atoms with Gasteiger partial charge >= 0.3 is 0 Å². The highest BCUT2D eigenvalue weighted by Gasteiger charge is 2.04. The summed E-state index contributed by atoms with van der Waals surface area (Å²) in [5, 5.41) is 0. The van der Waals surface area contributed by atoms with Crippen LogP contribution >= 0.6 is 0 Å². The van der Waals surface area contributed by atoms with Crippen molar-refractivity contribution < 1.29 is 9.47 Å². The highest BCUT2D eigenvalue weighted by atomic mass is 16.5. The molecule has 0 aliphatic rings. The SMILES string of the molecule is CCCCCCOc1cc(CCCC)cc(OCCCCCC)c1. The minimum Gasteiger partial charge on any atom is -0.493 e. The molecule has 0 heterocycles. The van der Waals surface area contributed by atoms with Crippen LogP contribution in [-0.4, -0.2) is 13.2 Å². The average Bonchev–Trinajstić information content (AvgIpc) is 2.59. The molecule has 2 nitrogen and oxygen atoms in total. The second-order valence-electron chi connectivity index (χ2n) is 6.73. The largest absolute Gasteiger partial charge is 0.493 e. The molecule has 0 saturated heterocycles. The molecular weight excluding hydrogens is 296 g/mol. The molecule has 0 aromatic heterocycles. The van der Waals surface area contributed by atoms with Gasteiger partial charge in [0.1, 0.15) is 11.5 Å².